The summed E-state index contributed by atoms with van der Waals surface area (Å²) in [7, 11) is 0. The Morgan fingerprint density at radius 1 is 0.623 bits per heavy atom. The summed E-state index contributed by atoms with van der Waals surface area (Å²) in [6, 6.07) is 0.0108. The van der Waals surface area contributed by atoms with Gasteiger partial charge in [0.25, 0.3) is 0 Å². The molecular weight excluding hydrogens is 765 g/mol. The highest BCUT2D eigenvalue weighted by atomic mass is 16.5. The molecule has 9 aliphatic rings. The molecule has 0 radical (unpaired) electrons. The van der Waals surface area contributed by atoms with Gasteiger partial charge in [-0.05, 0) is 151 Å². The van der Waals surface area contributed by atoms with Crippen LogP contribution in [-0.2, 0) is 28.7 Å². The average molecular weight is 847 g/mol. The van der Waals surface area contributed by atoms with E-state index in [1.54, 1.807) is 0 Å². The summed E-state index contributed by atoms with van der Waals surface area (Å²) in [4.78, 5) is 56.7. The number of esters is 1. The molecule has 0 spiro atoms. The van der Waals surface area contributed by atoms with E-state index in [0.717, 1.165) is 70.6 Å². The number of hydrogen-bond acceptors (Lipinski definition) is 6. The minimum Gasteiger partial charge on any atom is -0.481 e. The zero-order chi connectivity index (χ0) is 44.4. The zero-order valence-electron chi connectivity index (χ0n) is 40.2. The number of carbonyl (C=O) groups is 4. The molecule has 14 atom stereocenters. The first kappa shape index (κ1) is 44.1. The number of ether oxygens (including phenoxy) is 2. The van der Waals surface area contributed by atoms with Gasteiger partial charge in [0.05, 0.1) is 30.5 Å². The minimum atomic E-state index is -0.820. The van der Waals surface area contributed by atoms with E-state index in [1.807, 2.05) is 18.7 Å². The fraction of sp³-hybridized carbons (Fsp3) is 0.923. The number of nitrogens with one attached hydrogen (secondary N) is 1. The van der Waals surface area contributed by atoms with Crippen LogP contribution in [0.4, 0.5) is 0 Å². The Kier molecular flexibility index (Phi) is 9.72. The molecule has 1 unspecified atom stereocenters. The second kappa shape index (κ2) is 13.5. The van der Waals surface area contributed by atoms with E-state index in [0.29, 0.717) is 61.8 Å². The number of carboxylic acid groups (broad SMARTS) is 1. The lowest BCUT2D eigenvalue weighted by molar-refractivity contribution is -0.321. The maximum atomic E-state index is 15.3. The monoisotopic (exact) mass is 847 g/mol. The molecule has 9 heteroatoms. The van der Waals surface area contributed by atoms with Crippen molar-refractivity contribution in [3.8, 4) is 0 Å². The maximum Gasteiger partial charge on any atom is 0.309 e. The van der Waals surface area contributed by atoms with Gasteiger partial charge in [-0.15, -0.1) is 0 Å². The molecule has 1 aliphatic heterocycles. The Hall–Kier alpha value is -2.16. The van der Waals surface area contributed by atoms with Gasteiger partial charge in [-0.3, -0.25) is 19.2 Å². The van der Waals surface area contributed by atoms with Crippen LogP contribution in [0.1, 0.15) is 173 Å². The van der Waals surface area contributed by atoms with Crippen LogP contribution in [0.2, 0.25) is 0 Å². The van der Waals surface area contributed by atoms with Gasteiger partial charge in [0.2, 0.25) is 11.8 Å². The Balaban J connectivity index is 0.972. The standard InChI is InChI=1S/C52H82N2O7/c1-43(2)34(40(56)57)29-35(43)41(58)61-37-15-17-50(11)48(9,45(37,5)6)22-23-49(10)47(8)21-24-52(18-14-31(46(7)19-20-46)38(52)32(47)13-16-51(49,50)12)42(59)53-36-30-33(44(36,3)4)39(55)54-25-27-60-28-26-54/h31-38H,13-30H2,1-12H3,(H,53,59)(H,56,57)/t31-,32-,33+,34+,35-,36+,37+,38?,47-,48+,49+,50+,51+,52+/m1/s1. The van der Waals surface area contributed by atoms with Crippen molar-refractivity contribution in [2.45, 2.75) is 185 Å². The molecular formula is C52H82N2O7. The molecule has 0 aromatic carbocycles. The third-order valence-electron chi connectivity index (χ3n) is 24.1. The second-order valence-electron chi connectivity index (χ2n) is 26.1. The minimum absolute atomic E-state index is 0.00595. The summed E-state index contributed by atoms with van der Waals surface area (Å²) in [5.74, 6) is -0.0356. The molecule has 9 fully saturated rings. The SMILES string of the molecule is CC1([C@@H]2CC[C@]3(C(=O)N[C@H]4C[C@@H](C(=O)N5CCOCC5)C4(C)C)CC[C@]4(C)[C@H](CC[C@]5(C)[C@@]6(C)CC[C@H](OC(=O)[C@H]7C[C@@H](C(=O)O)C7(C)C)C(C)(C)[C@]6(C)CC[C@]54C)C23)CC1. The van der Waals surface area contributed by atoms with Crippen LogP contribution in [0, 0.1) is 89.7 Å². The number of amides is 2. The van der Waals surface area contributed by atoms with Crippen LogP contribution < -0.4 is 5.32 Å². The summed E-state index contributed by atoms with van der Waals surface area (Å²) in [5, 5.41) is 13.5. The molecule has 0 aromatic heterocycles. The van der Waals surface area contributed by atoms with Crippen LogP contribution in [0.5, 0.6) is 0 Å². The first-order valence-electron chi connectivity index (χ1n) is 24.8. The van der Waals surface area contributed by atoms with Gasteiger partial charge >= 0.3 is 11.9 Å². The number of fused-ring (bicyclic) bond motifs is 7. The number of nitrogens with zero attached hydrogens (tertiary/aromatic N) is 1. The van der Waals surface area contributed by atoms with Gasteiger partial charge in [0.1, 0.15) is 6.10 Å². The van der Waals surface area contributed by atoms with Gasteiger partial charge in [-0.25, -0.2) is 0 Å². The van der Waals surface area contributed by atoms with Crippen molar-refractivity contribution < 1.29 is 33.8 Å². The van der Waals surface area contributed by atoms with E-state index in [2.05, 4.69) is 74.6 Å². The van der Waals surface area contributed by atoms with Gasteiger partial charge in [0, 0.05) is 30.5 Å². The van der Waals surface area contributed by atoms with Crippen LogP contribution >= 0.6 is 0 Å². The van der Waals surface area contributed by atoms with Crippen LogP contribution in [0.25, 0.3) is 0 Å². The number of rotatable bonds is 7. The van der Waals surface area contributed by atoms with Crippen molar-refractivity contribution in [2.75, 3.05) is 26.3 Å². The molecule has 2 amide bonds. The number of carboxylic acids is 1. The zero-order valence-corrected chi connectivity index (χ0v) is 40.2. The molecule has 9 nitrogen and oxygen atoms in total. The lowest BCUT2D eigenvalue weighted by Crippen LogP contribution is -2.74. The van der Waals surface area contributed by atoms with Gasteiger partial charge in [-0.2, -0.15) is 0 Å². The van der Waals surface area contributed by atoms with Crippen molar-refractivity contribution in [3.05, 3.63) is 0 Å². The molecule has 342 valence electrons. The Bertz CT molecular complexity index is 1860. The summed E-state index contributed by atoms with van der Waals surface area (Å²) >= 11 is 0. The normalized spacial score (nSPS) is 49.6. The highest BCUT2D eigenvalue weighted by Crippen LogP contribution is 2.85. The lowest BCUT2D eigenvalue weighted by Gasteiger charge is -2.80. The van der Waals surface area contributed by atoms with Gasteiger partial charge in [0.15, 0.2) is 0 Å². The summed E-state index contributed by atoms with van der Waals surface area (Å²) in [5.41, 5.74) is -1.05. The van der Waals surface area contributed by atoms with E-state index in [1.165, 1.54) is 12.8 Å². The Morgan fingerprint density at radius 2 is 1.23 bits per heavy atom. The average Bonchev–Trinajstić information content (AvgIpc) is 3.81. The van der Waals surface area contributed by atoms with Crippen LogP contribution in [-0.4, -0.2) is 72.2 Å². The Labute approximate surface area is 367 Å². The summed E-state index contributed by atoms with van der Waals surface area (Å²) < 4.78 is 12.1. The largest absolute Gasteiger partial charge is 0.481 e. The molecule has 8 aliphatic carbocycles. The van der Waals surface area contributed by atoms with Crippen LogP contribution in [0.15, 0.2) is 0 Å². The van der Waals surface area contributed by atoms with E-state index in [-0.39, 0.29) is 79.2 Å². The summed E-state index contributed by atoms with van der Waals surface area (Å²) in [6.45, 7) is 31.2. The molecule has 2 N–H and O–H groups in total. The van der Waals surface area contributed by atoms with E-state index in [4.69, 9.17) is 9.47 Å². The molecule has 61 heavy (non-hydrogen) atoms. The highest BCUT2D eigenvalue weighted by molar-refractivity contribution is 5.86. The third kappa shape index (κ3) is 5.45. The molecule has 1 saturated heterocycles. The van der Waals surface area contributed by atoms with E-state index >= 15 is 4.79 Å². The first-order chi connectivity index (χ1) is 28.2. The fourth-order valence-corrected chi connectivity index (χ4v) is 18.0. The summed E-state index contributed by atoms with van der Waals surface area (Å²) in [6.07, 6.45) is 14.0. The number of aliphatic carboxylic acids is 1. The smallest absolute Gasteiger partial charge is 0.309 e. The second-order valence-corrected chi connectivity index (χ2v) is 26.1. The molecule has 0 aromatic rings. The number of carbonyl (C=O) groups excluding carboxylic acids is 3. The van der Waals surface area contributed by atoms with Gasteiger partial charge in [-0.1, -0.05) is 83.1 Å². The first-order valence-corrected chi connectivity index (χ1v) is 24.8. The van der Waals surface area contributed by atoms with Crippen molar-refractivity contribution in [3.63, 3.8) is 0 Å². The molecule has 1 heterocycles. The van der Waals surface area contributed by atoms with E-state index < -0.39 is 17.3 Å². The topological polar surface area (TPSA) is 122 Å². The predicted molar refractivity (Wildman–Crippen MR) is 235 cm³/mol. The fourth-order valence-electron chi connectivity index (χ4n) is 18.0. The quantitative estimate of drug-likeness (QED) is 0.245. The lowest BCUT2D eigenvalue weighted by atomic mass is 9.25. The van der Waals surface area contributed by atoms with Crippen molar-refractivity contribution >= 4 is 23.8 Å². The highest BCUT2D eigenvalue weighted by Gasteiger charge is 2.79. The van der Waals surface area contributed by atoms with E-state index in [9.17, 15) is 19.5 Å². The maximum absolute atomic E-state index is 15.3. The van der Waals surface area contributed by atoms with Crippen molar-refractivity contribution in [1.82, 2.24) is 10.2 Å². The molecule has 0 bridgehead atoms. The molecule has 8 saturated carbocycles. The number of hydrogen-bond donors (Lipinski definition) is 2. The molecule has 9 rings (SSSR count). The Morgan fingerprint density at radius 3 is 1.84 bits per heavy atom. The van der Waals surface area contributed by atoms with Gasteiger partial charge < -0.3 is 24.8 Å². The van der Waals surface area contributed by atoms with Crippen LogP contribution in [0.3, 0.4) is 0 Å². The third-order valence-corrected chi connectivity index (χ3v) is 24.1. The van der Waals surface area contributed by atoms with Crippen molar-refractivity contribution in [2.24, 2.45) is 89.7 Å². The predicted octanol–water partition coefficient (Wildman–Crippen LogP) is 9.70. The number of morpholine rings is 1. The van der Waals surface area contributed by atoms with Crippen molar-refractivity contribution in [1.29, 1.82) is 0 Å².